The van der Waals surface area contributed by atoms with E-state index in [1.165, 1.54) is 0 Å². The molecule has 1 aromatic carbocycles. The van der Waals surface area contributed by atoms with Crippen LogP contribution in [-0.2, 0) is 4.79 Å². The summed E-state index contributed by atoms with van der Waals surface area (Å²) in [4.78, 5) is 12.2. The van der Waals surface area contributed by atoms with E-state index in [2.05, 4.69) is 15.9 Å². The first kappa shape index (κ1) is 14.2. The molecule has 0 aliphatic heterocycles. The van der Waals surface area contributed by atoms with E-state index in [-0.39, 0.29) is 6.42 Å². The summed E-state index contributed by atoms with van der Waals surface area (Å²) >= 11 is 3.34. The van der Waals surface area contributed by atoms with E-state index in [1.54, 1.807) is 11.9 Å². The van der Waals surface area contributed by atoms with Gasteiger partial charge in [-0.2, -0.15) is 0 Å². The number of likely N-dealkylation sites (N-methyl/N-ethyl adjacent to an activating group) is 1. The normalized spacial score (nSPS) is 12.7. The quantitative estimate of drug-likeness (QED) is 0.842. The Balaban J connectivity index is 2.48. The summed E-state index contributed by atoms with van der Waals surface area (Å²) in [6.45, 7) is 0.851. The van der Waals surface area contributed by atoms with Crippen LogP contribution in [0.25, 0.3) is 0 Å². The summed E-state index contributed by atoms with van der Waals surface area (Å²) in [5.74, 6) is -0.825. The number of nitrogens with zero attached hydrogens (tertiary/aromatic N) is 1. The maximum atomic E-state index is 10.4. The number of rotatable bonds is 6. The van der Waals surface area contributed by atoms with Crippen molar-refractivity contribution in [2.24, 2.45) is 0 Å². The second kappa shape index (κ2) is 6.74. The molecule has 1 unspecified atom stereocenters. The number of aliphatic hydroxyl groups excluding tert-OH is 1. The van der Waals surface area contributed by atoms with E-state index in [0.717, 1.165) is 10.0 Å². The third kappa shape index (κ3) is 5.30. The van der Waals surface area contributed by atoms with E-state index in [0.29, 0.717) is 13.1 Å². The molecule has 94 valence electrons. The molecule has 0 fully saturated rings. The SMILES string of the molecule is CN(CCC(=O)O)CC(O)c1cccc(Br)c1. The zero-order valence-corrected chi connectivity index (χ0v) is 11.2. The van der Waals surface area contributed by atoms with Crippen molar-refractivity contribution in [2.75, 3.05) is 20.1 Å². The van der Waals surface area contributed by atoms with E-state index in [9.17, 15) is 9.90 Å². The molecule has 2 N–H and O–H groups in total. The number of carbonyl (C=O) groups is 1. The van der Waals surface area contributed by atoms with Gasteiger partial charge in [0, 0.05) is 17.6 Å². The number of hydrogen-bond donors (Lipinski definition) is 2. The van der Waals surface area contributed by atoms with Crippen molar-refractivity contribution in [1.29, 1.82) is 0 Å². The lowest BCUT2D eigenvalue weighted by molar-refractivity contribution is -0.137. The zero-order valence-electron chi connectivity index (χ0n) is 9.64. The number of aliphatic hydroxyl groups is 1. The minimum Gasteiger partial charge on any atom is -0.481 e. The van der Waals surface area contributed by atoms with Gasteiger partial charge in [0.2, 0.25) is 0 Å². The molecule has 0 aliphatic carbocycles. The van der Waals surface area contributed by atoms with Gasteiger partial charge in [-0.15, -0.1) is 0 Å². The van der Waals surface area contributed by atoms with Crippen LogP contribution in [-0.4, -0.2) is 41.2 Å². The van der Waals surface area contributed by atoms with Gasteiger partial charge < -0.3 is 15.1 Å². The molecule has 5 heteroatoms. The average Bonchev–Trinajstić information content (AvgIpc) is 2.26. The lowest BCUT2D eigenvalue weighted by Gasteiger charge is -2.20. The molecule has 0 radical (unpaired) electrons. The molecule has 0 bridgehead atoms. The van der Waals surface area contributed by atoms with E-state index in [4.69, 9.17) is 5.11 Å². The third-order valence-corrected chi connectivity index (χ3v) is 2.92. The van der Waals surface area contributed by atoms with Crippen molar-refractivity contribution in [3.63, 3.8) is 0 Å². The lowest BCUT2D eigenvalue weighted by atomic mass is 10.1. The van der Waals surface area contributed by atoms with E-state index in [1.807, 2.05) is 24.3 Å². The zero-order chi connectivity index (χ0) is 12.8. The minimum absolute atomic E-state index is 0.0850. The highest BCUT2D eigenvalue weighted by Gasteiger charge is 2.11. The Morgan fingerprint density at radius 1 is 1.53 bits per heavy atom. The number of halogens is 1. The lowest BCUT2D eigenvalue weighted by Crippen LogP contribution is -2.27. The van der Waals surface area contributed by atoms with Crippen LogP contribution < -0.4 is 0 Å². The van der Waals surface area contributed by atoms with Gasteiger partial charge in [-0.3, -0.25) is 4.79 Å². The van der Waals surface area contributed by atoms with E-state index < -0.39 is 12.1 Å². The maximum Gasteiger partial charge on any atom is 0.304 e. The highest BCUT2D eigenvalue weighted by Crippen LogP contribution is 2.18. The Morgan fingerprint density at radius 2 is 2.24 bits per heavy atom. The summed E-state index contributed by atoms with van der Waals surface area (Å²) < 4.78 is 0.919. The summed E-state index contributed by atoms with van der Waals surface area (Å²) in [6.07, 6.45) is -0.520. The highest BCUT2D eigenvalue weighted by molar-refractivity contribution is 9.10. The minimum atomic E-state index is -0.825. The Hall–Kier alpha value is -0.910. The van der Waals surface area contributed by atoms with Crippen molar-refractivity contribution in [2.45, 2.75) is 12.5 Å². The first-order valence-electron chi connectivity index (χ1n) is 5.33. The molecule has 1 atom stereocenters. The molecule has 0 spiro atoms. The molecule has 0 aromatic heterocycles. The smallest absolute Gasteiger partial charge is 0.304 e. The van der Waals surface area contributed by atoms with Gasteiger partial charge in [0.15, 0.2) is 0 Å². The van der Waals surface area contributed by atoms with Crippen molar-refractivity contribution in [3.8, 4) is 0 Å². The number of benzene rings is 1. The van der Waals surface area contributed by atoms with Gasteiger partial charge in [0.1, 0.15) is 0 Å². The van der Waals surface area contributed by atoms with Crippen LogP contribution in [0.2, 0.25) is 0 Å². The third-order valence-electron chi connectivity index (χ3n) is 2.43. The van der Waals surface area contributed by atoms with Gasteiger partial charge in [-0.25, -0.2) is 0 Å². The van der Waals surface area contributed by atoms with Gasteiger partial charge in [0.25, 0.3) is 0 Å². The first-order chi connectivity index (χ1) is 7.99. The van der Waals surface area contributed by atoms with Gasteiger partial charge in [0.05, 0.1) is 12.5 Å². The Bertz CT molecular complexity index is 384. The first-order valence-corrected chi connectivity index (χ1v) is 6.12. The second-order valence-electron chi connectivity index (χ2n) is 3.98. The molecule has 1 rings (SSSR count). The summed E-state index contributed by atoms with van der Waals surface area (Å²) in [5, 5.41) is 18.5. The summed E-state index contributed by atoms with van der Waals surface area (Å²) in [6, 6.07) is 7.46. The standard InChI is InChI=1S/C12H16BrNO3/c1-14(6-5-12(16)17)8-11(15)9-3-2-4-10(13)7-9/h2-4,7,11,15H,5-6,8H2,1H3,(H,16,17). The maximum absolute atomic E-state index is 10.4. The van der Waals surface area contributed by atoms with Crippen LogP contribution in [0.5, 0.6) is 0 Å². The largest absolute Gasteiger partial charge is 0.481 e. The average molecular weight is 302 g/mol. The number of carboxylic acid groups (broad SMARTS) is 1. The fourth-order valence-corrected chi connectivity index (χ4v) is 1.91. The molecular weight excluding hydrogens is 286 g/mol. The number of aliphatic carboxylic acids is 1. The van der Waals surface area contributed by atoms with E-state index >= 15 is 0 Å². The molecule has 0 saturated heterocycles. The molecule has 4 nitrogen and oxygen atoms in total. The predicted molar refractivity (Wildman–Crippen MR) is 68.9 cm³/mol. The van der Waals surface area contributed by atoms with Gasteiger partial charge in [-0.1, -0.05) is 28.1 Å². The van der Waals surface area contributed by atoms with Crippen LogP contribution >= 0.6 is 15.9 Å². The molecule has 0 amide bonds. The number of hydrogen-bond acceptors (Lipinski definition) is 3. The van der Waals surface area contributed by atoms with Crippen LogP contribution in [0.15, 0.2) is 28.7 Å². The van der Waals surface area contributed by atoms with Crippen LogP contribution in [0.3, 0.4) is 0 Å². The fraction of sp³-hybridized carbons (Fsp3) is 0.417. The second-order valence-corrected chi connectivity index (χ2v) is 4.89. The molecule has 0 saturated carbocycles. The van der Waals surface area contributed by atoms with Crippen molar-refractivity contribution in [3.05, 3.63) is 34.3 Å². The topological polar surface area (TPSA) is 60.8 Å². The van der Waals surface area contributed by atoms with Crippen LogP contribution in [0.4, 0.5) is 0 Å². The number of carboxylic acids is 1. The summed E-state index contributed by atoms with van der Waals surface area (Å²) in [7, 11) is 1.80. The van der Waals surface area contributed by atoms with Crippen molar-refractivity contribution >= 4 is 21.9 Å². The van der Waals surface area contributed by atoms with Gasteiger partial charge in [-0.05, 0) is 24.7 Å². The monoisotopic (exact) mass is 301 g/mol. The Morgan fingerprint density at radius 3 is 2.82 bits per heavy atom. The molecule has 0 heterocycles. The molecule has 0 aliphatic rings. The van der Waals surface area contributed by atoms with Crippen molar-refractivity contribution < 1.29 is 15.0 Å². The molecular formula is C12H16BrNO3. The Kier molecular flexibility index (Phi) is 5.61. The Labute approximate surface area is 109 Å². The van der Waals surface area contributed by atoms with Gasteiger partial charge >= 0.3 is 5.97 Å². The highest BCUT2D eigenvalue weighted by atomic mass is 79.9. The fourth-order valence-electron chi connectivity index (χ4n) is 1.49. The van der Waals surface area contributed by atoms with Crippen LogP contribution in [0.1, 0.15) is 18.1 Å². The van der Waals surface area contributed by atoms with Crippen LogP contribution in [0, 0.1) is 0 Å². The summed E-state index contributed by atoms with van der Waals surface area (Å²) in [5.41, 5.74) is 0.821. The molecule has 1 aromatic rings. The van der Waals surface area contributed by atoms with Crippen molar-refractivity contribution in [1.82, 2.24) is 4.90 Å². The predicted octanol–water partition coefficient (Wildman–Crippen LogP) is 1.89. The molecule has 17 heavy (non-hydrogen) atoms.